The van der Waals surface area contributed by atoms with E-state index >= 15 is 0 Å². The van der Waals surface area contributed by atoms with Gasteiger partial charge in [-0.2, -0.15) is 13.2 Å². The van der Waals surface area contributed by atoms with Gasteiger partial charge in [0.2, 0.25) is 0 Å². The number of amides is 1. The predicted octanol–water partition coefficient (Wildman–Crippen LogP) is 5.48. The maximum atomic E-state index is 13.7. The normalized spacial score (nSPS) is 11.9. The van der Waals surface area contributed by atoms with E-state index in [4.69, 9.17) is 4.74 Å². The van der Waals surface area contributed by atoms with Crippen LogP contribution in [0.1, 0.15) is 16.1 Å². The van der Waals surface area contributed by atoms with E-state index in [1.807, 2.05) is 0 Å². The molecule has 0 spiro atoms. The van der Waals surface area contributed by atoms with Gasteiger partial charge in [-0.3, -0.25) is 4.79 Å². The zero-order valence-corrected chi connectivity index (χ0v) is 19.4. The number of nitrogens with one attached hydrogen (secondary N) is 1. The number of carbonyl (C=O) groups is 1. The van der Waals surface area contributed by atoms with E-state index in [1.165, 1.54) is 37.4 Å². The number of pyridine rings is 1. The minimum atomic E-state index is -4.67. The van der Waals surface area contributed by atoms with Crippen molar-refractivity contribution in [3.8, 4) is 22.6 Å². The molecule has 0 unspecified atom stereocenters. The minimum absolute atomic E-state index is 0.0844. The molecule has 0 saturated carbocycles. The smallest absolute Gasteiger partial charge is 0.418 e. The molecule has 0 aliphatic rings. The summed E-state index contributed by atoms with van der Waals surface area (Å²) >= 11 is 0. The number of hydrogen-bond donors (Lipinski definition) is 1. The molecule has 10 heteroatoms. The summed E-state index contributed by atoms with van der Waals surface area (Å²) in [5.74, 6) is -0.0308. The first-order chi connectivity index (χ1) is 16.5. The van der Waals surface area contributed by atoms with E-state index in [9.17, 15) is 26.4 Å². The number of hydrogen-bond acceptors (Lipinski definition) is 5. The van der Waals surface area contributed by atoms with E-state index < -0.39 is 27.5 Å². The molecule has 35 heavy (non-hydrogen) atoms. The van der Waals surface area contributed by atoms with Gasteiger partial charge in [-0.25, -0.2) is 13.4 Å². The van der Waals surface area contributed by atoms with Gasteiger partial charge in [0.15, 0.2) is 9.84 Å². The first-order valence-electron chi connectivity index (χ1n) is 10.3. The van der Waals surface area contributed by atoms with E-state index in [-0.39, 0.29) is 27.2 Å². The molecule has 0 radical (unpaired) electrons. The van der Waals surface area contributed by atoms with Gasteiger partial charge in [0.1, 0.15) is 17.2 Å². The average Bonchev–Trinajstić information content (AvgIpc) is 2.81. The number of halogens is 3. The molecule has 180 valence electrons. The van der Waals surface area contributed by atoms with Gasteiger partial charge in [0.25, 0.3) is 5.91 Å². The Hall–Kier alpha value is -3.92. The number of carbonyl (C=O) groups excluding carboxylic acids is 1. The highest BCUT2D eigenvalue weighted by atomic mass is 32.2. The molecule has 6 nitrogen and oxygen atoms in total. The number of rotatable bonds is 5. The summed E-state index contributed by atoms with van der Waals surface area (Å²) in [4.78, 5) is 16.4. The van der Waals surface area contributed by atoms with Crippen LogP contribution in [-0.4, -0.2) is 32.6 Å². The fourth-order valence-corrected chi connectivity index (χ4v) is 4.25. The Kier molecular flexibility index (Phi) is 6.25. The van der Waals surface area contributed by atoms with E-state index in [2.05, 4.69) is 10.3 Å². The first-order valence-corrected chi connectivity index (χ1v) is 12.2. The van der Waals surface area contributed by atoms with Crippen LogP contribution in [0.5, 0.6) is 11.5 Å². The van der Waals surface area contributed by atoms with Crippen LogP contribution in [0.25, 0.3) is 22.0 Å². The van der Waals surface area contributed by atoms with Crippen LogP contribution in [0.3, 0.4) is 0 Å². The van der Waals surface area contributed by atoms with Crippen molar-refractivity contribution >= 4 is 26.6 Å². The Bertz CT molecular complexity index is 1550. The summed E-state index contributed by atoms with van der Waals surface area (Å²) in [7, 11) is -2.08. The van der Waals surface area contributed by atoms with Crippen molar-refractivity contribution < 1.29 is 31.1 Å². The number of ether oxygens (including phenoxy) is 1. The summed E-state index contributed by atoms with van der Waals surface area (Å²) in [6.07, 6.45) is -3.58. The number of sulfone groups is 1. The second-order valence-corrected chi connectivity index (χ2v) is 9.73. The lowest BCUT2D eigenvalue weighted by Gasteiger charge is -2.15. The third-order valence-corrected chi connectivity index (χ3v) is 6.33. The van der Waals surface area contributed by atoms with Crippen LogP contribution in [-0.2, 0) is 16.0 Å². The summed E-state index contributed by atoms with van der Waals surface area (Å²) in [6, 6.07) is 17.6. The Morgan fingerprint density at radius 3 is 2.26 bits per heavy atom. The molecule has 1 amide bonds. The van der Waals surface area contributed by atoms with Crippen molar-refractivity contribution in [2.45, 2.75) is 11.1 Å². The summed E-state index contributed by atoms with van der Waals surface area (Å²) in [6.45, 7) is 0. The Labute approximate surface area is 199 Å². The molecule has 1 heterocycles. The fourth-order valence-electron chi connectivity index (χ4n) is 3.59. The molecule has 1 aromatic heterocycles. The van der Waals surface area contributed by atoms with E-state index in [0.29, 0.717) is 16.9 Å². The highest BCUT2D eigenvalue weighted by Crippen LogP contribution is 2.38. The lowest BCUT2D eigenvalue weighted by molar-refractivity contribution is -0.136. The van der Waals surface area contributed by atoms with Gasteiger partial charge >= 0.3 is 6.18 Å². The predicted molar refractivity (Wildman–Crippen MR) is 125 cm³/mol. The molecule has 1 N–H and O–H groups in total. The van der Waals surface area contributed by atoms with Crippen molar-refractivity contribution in [3.63, 3.8) is 0 Å². The van der Waals surface area contributed by atoms with Crippen molar-refractivity contribution in [2.75, 3.05) is 13.3 Å². The molecule has 4 aromatic rings. The monoisotopic (exact) mass is 500 g/mol. The summed E-state index contributed by atoms with van der Waals surface area (Å²) in [5.41, 5.74) is -0.622. The molecular weight excluding hydrogens is 481 g/mol. The zero-order valence-electron chi connectivity index (χ0n) is 18.6. The summed E-state index contributed by atoms with van der Waals surface area (Å²) < 4.78 is 70.6. The minimum Gasteiger partial charge on any atom is -0.457 e. The third-order valence-electron chi connectivity index (χ3n) is 5.22. The zero-order chi connectivity index (χ0) is 25.4. The quantitative estimate of drug-likeness (QED) is 0.393. The SMILES string of the molecule is CNC(=O)c1cc(-c2cccc(Oc3cccc(S(C)(=O)=O)c3)c2)c2cccc(C(F)(F)F)c2n1. The van der Waals surface area contributed by atoms with Crippen molar-refractivity contribution in [1.29, 1.82) is 0 Å². The Morgan fingerprint density at radius 1 is 0.943 bits per heavy atom. The molecule has 4 rings (SSSR count). The maximum absolute atomic E-state index is 13.7. The van der Waals surface area contributed by atoms with Gasteiger partial charge in [-0.05, 0) is 53.6 Å². The lowest BCUT2D eigenvalue weighted by Crippen LogP contribution is -2.20. The van der Waals surface area contributed by atoms with Crippen LogP contribution in [0.2, 0.25) is 0 Å². The van der Waals surface area contributed by atoms with Crippen LogP contribution < -0.4 is 10.1 Å². The molecular formula is C25H19F3N2O4S. The van der Waals surface area contributed by atoms with Gasteiger partial charge in [0.05, 0.1) is 16.0 Å². The van der Waals surface area contributed by atoms with Gasteiger partial charge < -0.3 is 10.1 Å². The number of fused-ring (bicyclic) bond motifs is 1. The third kappa shape index (κ3) is 5.12. The molecule has 0 bridgehead atoms. The molecule has 0 fully saturated rings. The second-order valence-electron chi connectivity index (χ2n) is 7.71. The fraction of sp³-hybridized carbons (Fsp3) is 0.120. The number of benzene rings is 3. The van der Waals surface area contributed by atoms with Gasteiger partial charge in [0, 0.05) is 18.7 Å². The first kappa shape index (κ1) is 24.2. The van der Waals surface area contributed by atoms with Crippen LogP contribution in [0, 0.1) is 0 Å². The summed E-state index contributed by atoms with van der Waals surface area (Å²) in [5, 5.41) is 2.60. The topological polar surface area (TPSA) is 85.4 Å². The van der Waals surface area contributed by atoms with Crippen molar-refractivity contribution in [3.05, 3.63) is 84.1 Å². The molecule has 0 atom stereocenters. The Morgan fingerprint density at radius 2 is 1.60 bits per heavy atom. The number of para-hydroxylation sites is 1. The highest BCUT2D eigenvalue weighted by Gasteiger charge is 2.34. The molecule has 3 aromatic carbocycles. The number of nitrogens with zero attached hydrogens (tertiary/aromatic N) is 1. The number of alkyl halides is 3. The van der Waals surface area contributed by atoms with E-state index in [0.717, 1.165) is 12.3 Å². The largest absolute Gasteiger partial charge is 0.457 e. The maximum Gasteiger partial charge on any atom is 0.418 e. The van der Waals surface area contributed by atoms with Crippen molar-refractivity contribution in [1.82, 2.24) is 10.3 Å². The van der Waals surface area contributed by atoms with Gasteiger partial charge in [-0.1, -0.05) is 30.3 Å². The lowest BCUT2D eigenvalue weighted by atomic mass is 9.97. The van der Waals surface area contributed by atoms with Gasteiger partial charge in [-0.15, -0.1) is 0 Å². The Balaban J connectivity index is 1.86. The second kappa shape index (κ2) is 9.03. The highest BCUT2D eigenvalue weighted by molar-refractivity contribution is 7.90. The number of aromatic nitrogens is 1. The molecule has 0 aliphatic heterocycles. The molecule has 0 saturated heterocycles. The van der Waals surface area contributed by atoms with Crippen molar-refractivity contribution in [2.24, 2.45) is 0 Å². The van der Waals surface area contributed by atoms with E-state index in [1.54, 1.807) is 36.4 Å². The van der Waals surface area contributed by atoms with Crippen LogP contribution in [0.4, 0.5) is 13.2 Å². The molecule has 0 aliphatic carbocycles. The van der Waals surface area contributed by atoms with Crippen LogP contribution >= 0.6 is 0 Å². The average molecular weight is 500 g/mol. The van der Waals surface area contributed by atoms with Crippen LogP contribution in [0.15, 0.2) is 77.7 Å². The standard InChI is InChI=1S/C25H19F3N2O4S/c1-29-24(31)22-14-20(19-10-5-11-21(23(19)30-22)25(26,27)28)15-6-3-7-16(12-15)34-17-8-4-9-18(13-17)35(2,32)33/h3-14H,1-2H3,(H,29,31).